The Balaban J connectivity index is 0.000000187. The SMILES string of the molecule is NC(=O)c1ccc[nH]c1=O.c1ccsc1. The Morgan fingerprint density at radius 1 is 1.27 bits per heavy atom. The van der Waals surface area contributed by atoms with Crippen molar-refractivity contribution in [1.82, 2.24) is 4.98 Å². The fourth-order valence-electron chi connectivity index (χ4n) is 0.842. The molecule has 78 valence electrons. The van der Waals surface area contributed by atoms with E-state index in [-0.39, 0.29) is 5.56 Å². The number of thiophene rings is 1. The molecule has 2 heterocycles. The summed E-state index contributed by atoms with van der Waals surface area (Å²) in [5.41, 5.74) is 4.40. The lowest BCUT2D eigenvalue weighted by Crippen LogP contribution is -2.22. The molecule has 0 aromatic carbocycles. The van der Waals surface area contributed by atoms with Crippen molar-refractivity contribution in [2.45, 2.75) is 0 Å². The lowest BCUT2D eigenvalue weighted by Gasteiger charge is -1.89. The first-order chi connectivity index (χ1) is 7.22. The van der Waals surface area contributed by atoms with Gasteiger partial charge in [0.25, 0.3) is 11.5 Å². The van der Waals surface area contributed by atoms with E-state index in [2.05, 4.69) is 4.98 Å². The van der Waals surface area contributed by atoms with Crippen molar-refractivity contribution in [3.63, 3.8) is 0 Å². The molecule has 0 radical (unpaired) electrons. The molecule has 4 nitrogen and oxygen atoms in total. The molecular weight excluding hydrogens is 212 g/mol. The van der Waals surface area contributed by atoms with Gasteiger partial charge in [-0.2, -0.15) is 11.3 Å². The van der Waals surface area contributed by atoms with Gasteiger partial charge in [-0.25, -0.2) is 0 Å². The van der Waals surface area contributed by atoms with Gasteiger partial charge in [-0.3, -0.25) is 9.59 Å². The van der Waals surface area contributed by atoms with Gasteiger partial charge in [-0.1, -0.05) is 12.1 Å². The number of nitrogens with one attached hydrogen (secondary N) is 1. The lowest BCUT2D eigenvalue weighted by atomic mass is 10.3. The molecule has 2 aromatic rings. The molecule has 0 saturated heterocycles. The van der Waals surface area contributed by atoms with E-state index in [9.17, 15) is 9.59 Å². The van der Waals surface area contributed by atoms with Crippen molar-refractivity contribution in [2.75, 3.05) is 0 Å². The van der Waals surface area contributed by atoms with E-state index in [0.29, 0.717) is 0 Å². The number of nitrogens with two attached hydrogens (primary N) is 1. The molecule has 0 unspecified atom stereocenters. The van der Waals surface area contributed by atoms with Gasteiger partial charge in [-0.05, 0) is 22.9 Å². The van der Waals surface area contributed by atoms with E-state index in [0.717, 1.165) is 0 Å². The molecule has 3 N–H and O–H groups in total. The molecule has 0 aliphatic rings. The minimum Gasteiger partial charge on any atom is -0.365 e. The molecule has 0 atom stereocenters. The van der Waals surface area contributed by atoms with Crippen LogP contribution >= 0.6 is 11.3 Å². The molecule has 0 saturated carbocycles. The number of aromatic amines is 1. The standard InChI is InChI=1S/C6H6N2O2.C4H4S/c7-5(9)4-2-1-3-8-6(4)10;1-2-4-5-3-1/h1-3H,(H2,7,9)(H,8,10);1-4H. The smallest absolute Gasteiger partial charge is 0.260 e. The van der Waals surface area contributed by atoms with Gasteiger partial charge in [0.05, 0.1) is 0 Å². The number of hydrogen-bond donors (Lipinski definition) is 2. The molecule has 15 heavy (non-hydrogen) atoms. The number of hydrogen-bond acceptors (Lipinski definition) is 3. The number of primary amides is 1. The van der Waals surface area contributed by atoms with Crippen molar-refractivity contribution >= 4 is 17.2 Å². The maximum absolute atomic E-state index is 10.7. The van der Waals surface area contributed by atoms with Gasteiger partial charge in [0.15, 0.2) is 0 Å². The Hall–Kier alpha value is -1.88. The topological polar surface area (TPSA) is 76.0 Å². The van der Waals surface area contributed by atoms with Gasteiger partial charge in [-0.15, -0.1) is 0 Å². The Kier molecular flexibility index (Phi) is 4.30. The van der Waals surface area contributed by atoms with E-state index in [1.54, 1.807) is 17.4 Å². The first kappa shape index (κ1) is 11.2. The fourth-order valence-corrected chi connectivity index (χ4v) is 1.30. The number of H-pyrrole nitrogens is 1. The molecule has 2 aromatic heterocycles. The highest BCUT2D eigenvalue weighted by Crippen LogP contribution is 1.91. The predicted molar refractivity (Wildman–Crippen MR) is 59.9 cm³/mol. The Morgan fingerprint density at radius 2 is 1.93 bits per heavy atom. The molecule has 0 spiro atoms. The Morgan fingerprint density at radius 3 is 2.27 bits per heavy atom. The average molecular weight is 222 g/mol. The molecule has 0 aliphatic heterocycles. The minimum absolute atomic E-state index is 0.0116. The van der Waals surface area contributed by atoms with Gasteiger partial charge >= 0.3 is 0 Å². The van der Waals surface area contributed by atoms with Crippen molar-refractivity contribution < 1.29 is 4.79 Å². The van der Waals surface area contributed by atoms with E-state index >= 15 is 0 Å². The van der Waals surface area contributed by atoms with Crippen LogP contribution in [0.1, 0.15) is 10.4 Å². The van der Waals surface area contributed by atoms with Crippen molar-refractivity contribution in [3.05, 3.63) is 57.1 Å². The number of carbonyl (C=O) groups is 1. The molecular formula is C10H10N2O2S. The van der Waals surface area contributed by atoms with Gasteiger partial charge < -0.3 is 10.7 Å². The van der Waals surface area contributed by atoms with Gasteiger partial charge in [0.1, 0.15) is 5.56 Å². The Labute approximate surface area is 90.4 Å². The number of pyridine rings is 1. The highest BCUT2D eigenvalue weighted by molar-refractivity contribution is 7.07. The summed E-state index contributed by atoms with van der Waals surface area (Å²) in [6, 6.07) is 6.96. The second-order valence-electron chi connectivity index (χ2n) is 2.57. The highest BCUT2D eigenvalue weighted by atomic mass is 32.1. The maximum Gasteiger partial charge on any atom is 0.260 e. The van der Waals surface area contributed by atoms with Crippen LogP contribution in [0.15, 0.2) is 46.0 Å². The van der Waals surface area contributed by atoms with Crippen LogP contribution in [0.3, 0.4) is 0 Å². The molecule has 2 rings (SSSR count). The van der Waals surface area contributed by atoms with Crippen molar-refractivity contribution in [1.29, 1.82) is 0 Å². The molecule has 5 heteroatoms. The van der Waals surface area contributed by atoms with E-state index in [1.807, 2.05) is 22.9 Å². The highest BCUT2D eigenvalue weighted by Gasteiger charge is 2.02. The van der Waals surface area contributed by atoms with E-state index < -0.39 is 11.5 Å². The number of carbonyl (C=O) groups excluding carboxylic acids is 1. The summed E-state index contributed by atoms with van der Waals surface area (Å²) < 4.78 is 0. The lowest BCUT2D eigenvalue weighted by molar-refractivity contribution is 0.0999. The molecule has 0 aliphatic carbocycles. The quantitative estimate of drug-likeness (QED) is 0.761. The van der Waals surface area contributed by atoms with E-state index in [1.165, 1.54) is 12.3 Å². The largest absolute Gasteiger partial charge is 0.365 e. The second kappa shape index (κ2) is 5.77. The normalized spacial score (nSPS) is 8.80. The van der Waals surface area contributed by atoms with E-state index in [4.69, 9.17) is 5.73 Å². The summed E-state index contributed by atoms with van der Waals surface area (Å²) in [5, 5.41) is 4.08. The monoisotopic (exact) mass is 222 g/mol. The summed E-state index contributed by atoms with van der Waals surface area (Å²) >= 11 is 1.71. The summed E-state index contributed by atoms with van der Waals surface area (Å²) in [6.07, 6.45) is 1.44. The summed E-state index contributed by atoms with van der Waals surface area (Å²) in [6.45, 7) is 0. The average Bonchev–Trinajstić information content (AvgIpc) is 2.75. The van der Waals surface area contributed by atoms with Crippen LogP contribution in [0.2, 0.25) is 0 Å². The number of amides is 1. The first-order valence-electron chi connectivity index (χ1n) is 4.16. The summed E-state index contributed by atoms with van der Waals surface area (Å²) in [4.78, 5) is 23.5. The third-order valence-corrected chi connectivity index (χ3v) is 2.14. The summed E-state index contributed by atoms with van der Waals surface area (Å²) in [5.74, 6) is -0.707. The van der Waals surface area contributed by atoms with Crippen LogP contribution in [0.4, 0.5) is 0 Å². The molecule has 0 fully saturated rings. The van der Waals surface area contributed by atoms with Gasteiger partial charge in [0, 0.05) is 6.20 Å². The third-order valence-electron chi connectivity index (χ3n) is 1.51. The van der Waals surface area contributed by atoms with Crippen LogP contribution in [-0.4, -0.2) is 10.9 Å². The van der Waals surface area contributed by atoms with Crippen LogP contribution in [0.5, 0.6) is 0 Å². The van der Waals surface area contributed by atoms with Crippen LogP contribution < -0.4 is 11.3 Å². The molecule has 0 bridgehead atoms. The fraction of sp³-hybridized carbons (Fsp3) is 0. The molecule has 1 amide bonds. The van der Waals surface area contributed by atoms with Crippen molar-refractivity contribution in [3.8, 4) is 0 Å². The zero-order valence-corrected chi connectivity index (χ0v) is 8.66. The maximum atomic E-state index is 10.7. The van der Waals surface area contributed by atoms with Crippen LogP contribution in [-0.2, 0) is 0 Å². The van der Waals surface area contributed by atoms with Crippen molar-refractivity contribution in [2.24, 2.45) is 5.73 Å². The Bertz CT molecular complexity index is 445. The first-order valence-corrected chi connectivity index (χ1v) is 5.11. The van der Waals surface area contributed by atoms with Crippen LogP contribution in [0.25, 0.3) is 0 Å². The van der Waals surface area contributed by atoms with Crippen LogP contribution in [0, 0.1) is 0 Å². The van der Waals surface area contributed by atoms with Gasteiger partial charge in [0.2, 0.25) is 0 Å². The third kappa shape index (κ3) is 3.78. The summed E-state index contributed by atoms with van der Waals surface area (Å²) in [7, 11) is 0. The second-order valence-corrected chi connectivity index (χ2v) is 3.39. The number of aromatic nitrogens is 1. The minimum atomic E-state index is -0.707. The zero-order valence-electron chi connectivity index (χ0n) is 7.84. The predicted octanol–water partition coefficient (Wildman–Crippen LogP) is 1.22. The number of rotatable bonds is 1. The zero-order chi connectivity index (χ0) is 11.1.